The molecule has 0 saturated carbocycles. The van der Waals surface area contributed by atoms with Crippen LogP contribution in [-0.2, 0) is 6.42 Å². The highest BCUT2D eigenvalue weighted by atomic mass is 35.5. The fourth-order valence-electron chi connectivity index (χ4n) is 3.85. The van der Waals surface area contributed by atoms with Crippen LogP contribution in [0.5, 0.6) is 0 Å². The van der Waals surface area contributed by atoms with Crippen molar-refractivity contribution in [1.29, 1.82) is 0 Å². The van der Waals surface area contributed by atoms with Gasteiger partial charge in [0.25, 0.3) is 0 Å². The second-order valence-electron chi connectivity index (χ2n) is 7.97. The van der Waals surface area contributed by atoms with E-state index < -0.39 is 0 Å². The summed E-state index contributed by atoms with van der Waals surface area (Å²) in [5.74, 6) is 0.227. The van der Waals surface area contributed by atoms with Gasteiger partial charge in [0.05, 0.1) is 5.69 Å². The minimum absolute atomic E-state index is 0.0391. The van der Waals surface area contributed by atoms with Crippen LogP contribution in [0.25, 0.3) is 16.9 Å². The zero-order chi connectivity index (χ0) is 18.5. The van der Waals surface area contributed by atoms with Crippen molar-refractivity contribution in [3.05, 3.63) is 76.4 Å². The largest absolute Gasteiger partial charge is 0.313 e. The number of rotatable bonds is 2. The third-order valence-electron chi connectivity index (χ3n) is 5.17. The van der Waals surface area contributed by atoms with E-state index in [2.05, 4.69) is 42.7 Å². The molecule has 0 aliphatic heterocycles. The van der Waals surface area contributed by atoms with Crippen LogP contribution in [0.4, 0.5) is 0 Å². The van der Waals surface area contributed by atoms with Crippen molar-refractivity contribution in [2.24, 2.45) is 5.41 Å². The van der Waals surface area contributed by atoms with E-state index in [0.717, 1.165) is 45.2 Å². The lowest BCUT2D eigenvalue weighted by Gasteiger charge is -2.30. The zero-order valence-corrected chi connectivity index (χ0v) is 16.1. The molecule has 4 rings (SSSR count). The molecule has 1 heterocycles. The molecule has 26 heavy (non-hydrogen) atoms. The lowest BCUT2D eigenvalue weighted by Crippen LogP contribution is -2.27. The van der Waals surface area contributed by atoms with Crippen LogP contribution in [0.1, 0.15) is 41.9 Å². The molecule has 0 saturated heterocycles. The molecule has 0 atom stereocenters. The predicted octanol–water partition coefficient (Wildman–Crippen LogP) is 6.26. The molecule has 3 aromatic rings. The Hall–Kier alpha value is -2.32. The average Bonchev–Trinajstić information content (AvgIpc) is 2.96. The highest BCUT2D eigenvalue weighted by Gasteiger charge is 2.35. The van der Waals surface area contributed by atoms with Gasteiger partial charge in [-0.15, -0.1) is 0 Å². The number of carbonyl (C=O) groups is 1. The van der Waals surface area contributed by atoms with Gasteiger partial charge in [-0.1, -0.05) is 61.8 Å². The monoisotopic (exact) mass is 363 g/mol. The van der Waals surface area contributed by atoms with Gasteiger partial charge < -0.3 is 4.57 Å². The second kappa shape index (κ2) is 6.14. The van der Waals surface area contributed by atoms with Crippen LogP contribution in [-0.4, -0.2) is 10.4 Å². The lowest BCUT2D eigenvalue weighted by atomic mass is 9.76. The normalized spacial score (nSPS) is 15.8. The van der Waals surface area contributed by atoms with E-state index in [1.54, 1.807) is 0 Å². The minimum Gasteiger partial charge on any atom is -0.313 e. The Morgan fingerprint density at radius 2 is 1.73 bits per heavy atom. The maximum atomic E-state index is 12.8. The van der Waals surface area contributed by atoms with E-state index in [9.17, 15) is 4.79 Å². The SMILES string of the molecule is Cc1ccc(-n2c(-c3ccccc3)cc3c2CC(C)(C)CC3=O)cc1Cl. The molecule has 1 aromatic heterocycles. The molecule has 0 amide bonds. The number of fused-ring (bicyclic) bond motifs is 1. The van der Waals surface area contributed by atoms with Crippen molar-refractivity contribution in [3.8, 4) is 16.9 Å². The molecule has 2 aromatic carbocycles. The number of hydrogen-bond acceptors (Lipinski definition) is 1. The number of benzene rings is 2. The maximum absolute atomic E-state index is 12.8. The molecule has 0 bridgehead atoms. The molecule has 0 N–H and O–H groups in total. The van der Waals surface area contributed by atoms with Crippen molar-refractivity contribution in [2.75, 3.05) is 0 Å². The summed E-state index contributed by atoms with van der Waals surface area (Å²) in [6.07, 6.45) is 1.46. The first-order chi connectivity index (χ1) is 12.4. The highest BCUT2D eigenvalue weighted by Crippen LogP contribution is 2.40. The summed E-state index contributed by atoms with van der Waals surface area (Å²) >= 11 is 6.42. The van der Waals surface area contributed by atoms with E-state index in [1.807, 2.05) is 37.3 Å². The second-order valence-corrected chi connectivity index (χ2v) is 8.37. The molecule has 1 aliphatic rings. The van der Waals surface area contributed by atoms with E-state index in [-0.39, 0.29) is 11.2 Å². The standard InChI is InChI=1S/C23H22ClNO/c1-15-9-10-17(11-19(15)24)25-20(16-7-5-4-6-8-16)12-18-21(25)13-23(2,3)14-22(18)26/h4-12H,13-14H2,1-3H3. The Labute approximate surface area is 159 Å². The summed E-state index contributed by atoms with van der Waals surface area (Å²) in [4.78, 5) is 12.8. The topological polar surface area (TPSA) is 22.0 Å². The van der Waals surface area contributed by atoms with Crippen molar-refractivity contribution in [1.82, 2.24) is 4.57 Å². The first-order valence-electron chi connectivity index (χ1n) is 8.95. The van der Waals surface area contributed by atoms with Crippen LogP contribution >= 0.6 is 11.6 Å². The highest BCUT2D eigenvalue weighted by molar-refractivity contribution is 6.31. The van der Waals surface area contributed by atoms with Crippen molar-refractivity contribution < 1.29 is 4.79 Å². The Morgan fingerprint density at radius 1 is 1.00 bits per heavy atom. The fraction of sp³-hybridized carbons (Fsp3) is 0.261. The summed E-state index contributed by atoms with van der Waals surface area (Å²) in [6.45, 7) is 6.33. The summed E-state index contributed by atoms with van der Waals surface area (Å²) in [5, 5.41) is 0.741. The summed E-state index contributed by atoms with van der Waals surface area (Å²) in [7, 11) is 0. The molecule has 2 nitrogen and oxygen atoms in total. The van der Waals surface area contributed by atoms with Crippen LogP contribution in [0, 0.1) is 12.3 Å². The van der Waals surface area contributed by atoms with Gasteiger partial charge in [-0.05, 0) is 48.1 Å². The summed E-state index contributed by atoms with van der Waals surface area (Å²) in [6, 6.07) is 18.4. The Morgan fingerprint density at radius 3 is 2.42 bits per heavy atom. The first-order valence-corrected chi connectivity index (χ1v) is 9.33. The quantitative estimate of drug-likeness (QED) is 0.526. The Bertz CT molecular complexity index is 999. The molecule has 0 unspecified atom stereocenters. The van der Waals surface area contributed by atoms with Gasteiger partial charge in [0, 0.05) is 28.4 Å². The summed E-state index contributed by atoms with van der Waals surface area (Å²) in [5.41, 5.74) is 6.10. The molecule has 0 radical (unpaired) electrons. The maximum Gasteiger partial charge on any atom is 0.165 e. The van der Waals surface area contributed by atoms with E-state index >= 15 is 0 Å². The molecule has 0 fully saturated rings. The number of Topliss-reactive ketones (excluding diaryl/α,β-unsaturated/α-hetero) is 1. The van der Waals surface area contributed by atoms with Crippen molar-refractivity contribution in [2.45, 2.75) is 33.6 Å². The van der Waals surface area contributed by atoms with Crippen LogP contribution in [0.3, 0.4) is 0 Å². The fourth-order valence-corrected chi connectivity index (χ4v) is 4.02. The van der Waals surface area contributed by atoms with E-state index in [1.165, 1.54) is 0 Å². The molecular weight excluding hydrogens is 342 g/mol. The summed E-state index contributed by atoms with van der Waals surface area (Å²) < 4.78 is 2.22. The van der Waals surface area contributed by atoms with Gasteiger partial charge in [0.2, 0.25) is 0 Å². The minimum atomic E-state index is -0.0391. The van der Waals surface area contributed by atoms with E-state index in [0.29, 0.717) is 6.42 Å². The number of ketones is 1. The van der Waals surface area contributed by atoms with Gasteiger partial charge >= 0.3 is 0 Å². The Kier molecular flexibility index (Phi) is 4.04. The molecule has 1 aliphatic carbocycles. The van der Waals surface area contributed by atoms with Crippen LogP contribution in [0.15, 0.2) is 54.6 Å². The lowest BCUT2D eigenvalue weighted by molar-refractivity contribution is 0.0911. The van der Waals surface area contributed by atoms with Crippen molar-refractivity contribution >= 4 is 17.4 Å². The number of aromatic nitrogens is 1. The van der Waals surface area contributed by atoms with Crippen molar-refractivity contribution in [3.63, 3.8) is 0 Å². The Balaban J connectivity index is 2.01. The third kappa shape index (κ3) is 2.89. The van der Waals surface area contributed by atoms with Gasteiger partial charge in [-0.2, -0.15) is 0 Å². The van der Waals surface area contributed by atoms with Crippen LogP contribution < -0.4 is 0 Å². The molecule has 0 spiro atoms. The number of halogens is 1. The molecular formula is C23H22ClNO. The predicted molar refractivity (Wildman–Crippen MR) is 107 cm³/mol. The van der Waals surface area contributed by atoms with Gasteiger partial charge in [-0.25, -0.2) is 0 Å². The van der Waals surface area contributed by atoms with E-state index in [4.69, 9.17) is 11.6 Å². The number of aryl methyl sites for hydroxylation is 1. The number of hydrogen-bond donors (Lipinski definition) is 0. The number of carbonyl (C=O) groups excluding carboxylic acids is 1. The third-order valence-corrected chi connectivity index (χ3v) is 5.58. The molecule has 132 valence electrons. The average molecular weight is 364 g/mol. The van der Waals surface area contributed by atoms with Gasteiger partial charge in [-0.3, -0.25) is 4.79 Å². The molecule has 3 heteroatoms. The first kappa shape index (κ1) is 17.1. The zero-order valence-electron chi connectivity index (χ0n) is 15.3. The van der Waals surface area contributed by atoms with Crippen LogP contribution in [0.2, 0.25) is 5.02 Å². The van der Waals surface area contributed by atoms with Gasteiger partial charge in [0.1, 0.15) is 0 Å². The number of nitrogens with zero attached hydrogens (tertiary/aromatic N) is 1. The smallest absolute Gasteiger partial charge is 0.165 e. The van der Waals surface area contributed by atoms with Gasteiger partial charge in [0.15, 0.2) is 5.78 Å².